The number of hydrogen-bond acceptors (Lipinski definition) is 2. The maximum atomic E-state index is 5.98. The lowest BCUT2D eigenvalue weighted by Crippen LogP contribution is -2.22. The fourth-order valence-electron chi connectivity index (χ4n) is 0.970. The van der Waals surface area contributed by atoms with Gasteiger partial charge >= 0.3 is 0 Å². The molecule has 0 aromatic heterocycles. The van der Waals surface area contributed by atoms with E-state index in [1.54, 1.807) is 25.1 Å². The fraction of sp³-hybridized carbons (Fsp3) is 0.111. The number of rotatable bonds is 2. The Morgan fingerprint density at radius 1 is 1.20 bits per heavy atom. The molecule has 6 heteroatoms. The minimum Gasteiger partial charge on any atom is -0.369 e. The predicted octanol–water partition coefficient (Wildman–Crippen LogP) is 1.99. The first kappa shape index (κ1) is 11.8. The van der Waals surface area contributed by atoms with Crippen LogP contribution in [-0.2, 0) is 0 Å². The largest absolute Gasteiger partial charge is 0.369 e. The normalized spacial score (nSPS) is 11.3. The number of nitrogens with two attached hydrogens (primary N) is 2. The van der Waals surface area contributed by atoms with E-state index in [1.165, 1.54) is 0 Å². The molecule has 0 atom stereocenters. The van der Waals surface area contributed by atoms with Gasteiger partial charge in [-0.15, -0.1) is 5.10 Å². The summed E-state index contributed by atoms with van der Waals surface area (Å²) in [7, 11) is 0. The molecule has 1 rings (SSSR count). The second kappa shape index (κ2) is 5.00. The van der Waals surface area contributed by atoms with Crippen LogP contribution >= 0.6 is 23.2 Å². The van der Waals surface area contributed by atoms with Gasteiger partial charge in [0.05, 0.1) is 15.8 Å². The Morgan fingerprint density at radius 2 is 1.87 bits per heavy atom. The second-order valence-electron chi connectivity index (χ2n) is 2.81. The Hall–Kier alpha value is -1.26. The topological polar surface area (TPSA) is 76.8 Å². The average molecular weight is 245 g/mol. The minimum atomic E-state index is -0.104. The SMILES string of the molecule is CC(=NN=C(N)N)c1cccc(Cl)c1Cl. The first-order valence-electron chi connectivity index (χ1n) is 4.10. The highest BCUT2D eigenvalue weighted by molar-refractivity contribution is 6.44. The summed E-state index contributed by atoms with van der Waals surface area (Å²) in [5.74, 6) is -0.104. The molecule has 0 aliphatic carbocycles. The molecule has 15 heavy (non-hydrogen) atoms. The molecule has 0 radical (unpaired) electrons. The smallest absolute Gasteiger partial charge is 0.211 e. The predicted molar refractivity (Wildman–Crippen MR) is 64.5 cm³/mol. The highest BCUT2D eigenvalue weighted by Gasteiger charge is 2.06. The van der Waals surface area contributed by atoms with Crippen LogP contribution in [0, 0.1) is 0 Å². The van der Waals surface area contributed by atoms with Crippen LogP contribution in [0.1, 0.15) is 12.5 Å². The summed E-state index contributed by atoms with van der Waals surface area (Å²) in [6, 6.07) is 5.26. The van der Waals surface area contributed by atoms with Gasteiger partial charge in [-0.05, 0) is 13.0 Å². The Morgan fingerprint density at radius 3 is 2.47 bits per heavy atom. The molecule has 0 aliphatic rings. The third-order valence-corrected chi connectivity index (χ3v) is 2.48. The van der Waals surface area contributed by atoms with Gasteiger partial charge in [-0.1, -0.05) is 35.3 Å². The summed E-state index contributed by atoms with van der Waals surface area (Å²) in [6.45, 7) is 1.74. The van der Waals surface area contributed by atoms with E-state index in [0.717, 1.165) is 0 Å². The number of halogens is 2. The van der Waals surface area contributed by atoms with Crippen molar-refractivity contribution in [2.24, 2.45) is 21.7 Å². The molecule has 4 N–H and O–H groups in total. The lowest BCUT2D eigenvalue weighted by molar-refractivity contribution is 1.20. The van der Waals surface area contributed by atoms with Crippen molar-refractivity contribution in [1.29, 1.82) is 0 Å². The van der Waals surface area contributed by atoms with Crippen molar-refractivity contribution in [3.8, 4) is 0 Å². The Balaban J connectivity index is 3.12. The maximum absolute atomic E-state index is 5.98. The van der Waals surface area contributed by atoms with Crippen molar-refractivity contribution in [3.63, 3.8) is 0 Å². The molecule has 0 spiro atoms. The molecule has 80 valence electrons. The summed E-state index contributed by atoms with van der Waals surface area (Å²) in [5.41, 5.74) is 11.6. The van der Waals surface area contributed by atoms with Crippen LogP contribution in [0.15, 0.2) is 28.4 Å². The Bertz CT molecular complexity index is 422. The minimum absolute atomic E-state index is 0.104. The molecule has 4 nitrogen and oxygen atoms in total. The van der Waals surface area contributed by atoms with E-state index in [4.69, 9.17) is 34.7 Å². The molecular formula is C9H10Cl2N4. The molecule has 0 saturated heterocycles. The summed E-state index contributed by atoms with van der Waals surface area (Å²) in [6.07, 6.45) is 0. The molecule has 0 heterocycles. The van der Waals surface area contributed by atoms with Crippen LogP contribution in [0.4, 0.5) is 0 Å². The number of nitrogens with zero attached hydrogens (tertiary/aromatic N) is 2. The van der Waals surface area contributed by atoms with Crippen LogP contribution in [0.2, 0.25) is 10.0 Å². The third-order valence-electron chi connectivity index (χ3n) is 1.66. The Kier molecular flexibility index (Phi) is 3.94. The van der Waals surface area contributed by atoms with Crippen molar-refractivity contribution in [2.75, 3.05) is 0 Å². The zero-order valence-corrected chi connectivity index (χ0v) is 9.55. The van der Waals surface area contributed by atoms with E-state index >= 15 is 0 Å². The first-order chi connectivity index (χ1) is 7.02. The number of guanidine groups is 1. The van der Waals surface area contributed by atoms with Crippen molar-refractivity contribution in [1.82, 2.24) is 0 Å². The summed E-state index contributed by atoms with van der Waals surface area (Å²) in [5, 5.41) is 8.24. The van der Waals surface area contributed by atoms with Gasteiger partial charge in [-0.25, -0.2) is 0 Å². The molecule has 0 aliphatic heterocycles. The van der Waals surface area contributed by atoms with E-state index < -0.39 is 0 Å². The number of hydrogen-bond donors (Lipinski definition) is 2. The zero-order valence-electron chi connectivity index (χ0n) is 8.04. The van der Waals surface area contributed by atoms with Gasteiger partial charge < -0.3 is 11.5 Å². The van der Waals surface area contributed by atoms with Crippen molar-refractivity contribution in [2.45, 2.75) is 6.92 Å². The van der Waals surface area contributed by atoms with E-state index in [2.05, 4.69) is 10.2 Å². The van der Waals surface area contributed by atoms with Gasteiger partial charge in [0.1, 0.15) is 0 Å². The lowest BCUT2D eigenvalue weighted by atomic mass is 10.1. The molecule has 0 fully saturated rings. The molecule has 1 aromatic carbocycles. The van der Waals surface area contributed by atoms with Crippen LogP contribution in [-0.4, -0.2) is 11.7 Å². The van der Waals surface area contributed by atoms with Gasteiger partial charge in [0.25, 0.3) is 0 Å². The Labute approximate surface area is 97.6 Å². The standard InChI is InChI=1S/C9H10Cl2N4/c1-5(14-15-9(12)13)6-3-2-4-7(10)8(6)11/h2-4H,1H3,(H4,12,13,15). The van der Waals surface area contributed by atoms with Crippen LogP contribution in [0.3, 0.4) is 0 Å². The summed E-state index contributed by atoms with van der Waals surface area (Å²) < 4.78 is 0. The average Bonchev–Trinajstić information content (AvgIpc) is 2.18. The van der Waals surface area contributed by atoms with Gasteiger partial charge in [-0.2, -0.15) is 5.10 Å². The van der Waals surface area contributed by atoms with E-state index in [-0.39, 0.29) is 5.96 Å². The molecule has 0 unspecified atom stereocenters. The molecule has 0 saturated carbocycles. The zero-order chi connectivity index (χ0) is 11.4. The summed E-state index contributed by atoms with van der Waals surface area (Å²) in [4.78, 5) is 0. The highest BCUT2D eigenvalue weighted by atomic mass is 35.5. The van der Waals surface area contributed by atoms with Crippen LogP contribution < -0.4 is 11.5 Å². The third kappa shape index (κ3) is 3.11. The lowest BCUT2D eigenvalue weighted by Gasteiger charge is -2.03. The van der Waals surface area contributed by atoms with Gasteiger partial charge in [0.2, 0.25) is 5.96 Å². The van der Waals surface area contributed by atoms with Crippen molar-refractivity contribution in [3.05, 3.63) is 33.8 Å². The highest BCUT2D eigenvalue weighted by Crippen LogP contribution is 2.25. The van der Waals surface area contributed by atoms with E-state index in [1.807, 2.05) is 0 Å². The van der Waals surface area contributed by atoms with E-state index in [9.17, 15) is 0 Å². The molecule has 0 amide bonds. The van der Waals surface area contributed by atoms with Crippen molar-refractivity contribution < 1.29 is 0 Å². The number of benzene rings is 1. The van der Waals surface area contributed by atoms with Gasteiger partial charge in [0, 0.05) is 5.56 Å². The maximum Gasteiger partial charge on any atom is 0.211 e. The second-order valence-corrected chi connectivity index (χ2v) is 3.60. The van der Waals surface area contributed by atoms with Crippen molar-refractivity contribution >= 4 is 34.9 Å². The molecule has 1 aromatic rings. The summed E-state index contributed by atoms with van der Waals surface area (Å²) >= 11 is 11.8. The van der Waals surface area contributed by atoms with Gasteiger partial charge in [0.15, 0.2) is 0 Å². The molecular weight excluding hydrogens is 235 g/mol. The molecule has 0 bridgehead atoms. The van der Waals surface area contributed by atoms with Gasteiger partial charge in [-0.3, -0.25) is 0 Å². The fourth-order valence-corrected chi connectivity index (χ4v) is 1.41. The van der Waals surface area contributed by atoms with E-state index in [0.29, 0.717) is 21.3 Å². The van der Waals surface area contributed by atoms with Crippen LogP contribution in [0.25, 0.3) is 0 Å². The van der Waals surface area contributed by atoms with Crippen LogP contribution in [0.5, 0.6) is 0 Å². The monoisotopic (exact) mass is 244 g/mol. The quantitative estimate of drug-likeness (QED) is 0.475. The first-order valence-corrected chi connectivity index (χ1v) is 4.85.